The minimum absolute atomic E-state index is 0.0733. The van der Waals surface area contributed by atoms with Gasteiger partial charge in [0.05, 0.1) is 22.2 Å². The number of benzene rings is 3. The fourth-order valence-electron chi connectivity index (χ4n) is 2.95. The van der Waals surface area contributed by atoms with Crippen LogP contribution >= 0.6 is 11.6 Å². The fourth-order valence-corrected chi connectivity index (χ4v) is 4.68. The number of nitrogens with zero attached hydrogens (tertiary/aromatic N) is 1. The molecule has 3 aromatic rings. The zero-order valence-electron chi connectivity index (χ0n) is 17.2. The maximum Gasteiger partial charge on any atom is 0.264 e. The highest BCUT2D eigenvalue weighted by atomic mass is 35.5. The number of carbonyl (C=O) groups is 1. The number of amides is 1. The van der Waals surface area contributed by atoms with E-state index in [1.54, 1.807) is 60.7 Å². The van der Waals surface area contributed by atoms with Gasteiger partial charge in [-0.1, -0.05) is 47.5 Å². The molecule has 0 saturated heterocycles. The first-order valence-corrected chi connectivity index (χ1v) is 11.5. The number of nitrogens with one attached hydrogen (secondary N) is 1. The number of ether oxygens (including phenoxy) is 1. The summed E-state index contributed by atoms with van der Waals surface area (Å²) in [5.74, 6) is 0.0970. The Labute approximate surface area is 187 Å². The van der Waals surface area contributed by atoms with Crippen molar-refractivity contribution in [3.8, 4) is 5.75 Å². The summed E-state index contributed by atoms with van der Waals surface area (Å²) in [5.41, 5.74) is 1.65. The average molecular weight is 459 g/mol. The van der Waals surface area contributed by atoms with E-state index < -0.39 is 22.5 Å². The predicted octanol–water partition coefficient (Wildman–Crippen LogP) is 4.88. The summed E-state index contributed by atoms with van der Waals surface area (Å²) in [5, 5.41) is 2.95. The monoisotopic (exact) mass is 458 g/mol. The molecule has 6 nitrogen and oxygen atoms in total. The Morgan fingerprint density at radius 3 is 2.42 bits per heavy atom. The first-order chi connectivity index (χ1) is 14.8. The molecule has 0 saturated carbocycles. The van der Waals surface area contributed by atoms with Gasteiger partial charge in [0.25, 0.3) is 10.0 Å². The Morgan fingerprint density at radius 1 is 1.03 bits per heavy atom. The van der Waals surface area contributed by atoms with Crippen LogP contribution in [-0.2, 0) is 14.8 Å². The molecular formula is C23H23ClN2O4S. The Balaban J connectivity index is 1.92. The van der Waals surface area contributed by atoms with Gasteiger partial charge in [0.1, 0.15) is 12.3 Å². The van der Waals surface area contributed by atoms with E-state index in [9.17, 15) is 13.2 Å². The van der Waals surface area contributed by atoms with Gasteiger partial charge in [-0.2, -0.15) is 0 Å². The molecule has 1 N–H and O–H groups in total. The third-order valence-electron chi connectivity index (χ3n) is 4.45. The molecule has 31 heavy (non-hydrogen) atoms. The molecule has 0 spiro atoms. The van der Waals surface area contributed by atoms with Gasteiger partial charge in [0.2, 0.25) is 5.91 Å². The Kier molecular flexibility index (Phi) is 7.20. The first-order valence-electron chi connectivity index (χ1n) is 9.68. The van der Waals surface area contributed by atoms with E-state index in [1.165, 1.54) is 12.1 Å². The maximum atomic E-state index is 13.4. The number of hydrogen-bond acceptors (Lipinski definition) is 4. The summed E-state index contributed by atoms with van der Waals surface area (Å²) in [7, 11) is -4.03. The standard InChI is InChI=1S/C23H23ClN2O4S/c1-3-30-19-8-6-7-18(15-19)25-23(27)16-26(22-10-5-4-9-21(22)24)31(28,29)20-13-11-17(2)12-14-20/h4-15H,3,16H2,1-2H3,(H,25,27). The zero-order chi connectivity index (χ0) is 22.4. The second-order valence-electron chi connectivity index (χ2n) is 6.79. The zero-order valence-corrected chi connectivity index (χ0v) is 18.8. The molecule has 0 aliphatic heterocycles. The van der Waals surface area contributed by atoms with Gasteiger partial charge in [-0.15, -0.1) is 0 Å². The van der Waals surface area contributed by atoms with E-state index in [1.807, 2.05) is 13.8 Å². The molecule has 0 unspecified atom stereocenters. The van der Waals surface area contributed by atoms with Crippen LogP contribution in [0.4, 0.5) is 11.4 Å². The molecule has 0 fully saturated rings. The van der Waals surface area contributed by atoms with Gasteiger partial charge in [-0.3, -0.25) is 9.10 Å². The van der Waals surface area contributed by atoms with Gasteiger partial charge in [0.15, 0.2) is 0 Å². The fraction of sp³-hybridized carbons (Fsp3) is 0.174. The average Bonchev–Trinajstić information content (AvgIpc) is 2.73. The van der Waals surface area contributed by atoms with Crippen LogP contribution in [0.2, 0.25) is 5.02 Å². The quantitative estimate of drug-likeness (QED) is 0.522. The SMILES string of the molecule is CCOc1cccc(NC(=O)CN(c2ccccc2Cl)S(=O)(=O)c2ccc(C)cc2)c1. The largest absolute Gasteiger partial charge is 0.494 e. The minimum Gasteiger partial charge on any atom is -0.494 e. The molecular weight excluding hydrogens is 436 g/mol. The van der Waals surface area contributed by atoms with E-state index in [4.69, 9.17) is 16.3 Å². The summed E-state index contributed by atoms with van der Waals surface area (Å²) in [6, 6.07) is 19.8. The smallest absolute Gasteiger partial charge is 0.264 e. The number of para-hydroxylation sites is 1. The van der Waals surface area contributed by atoms with Crippen LogP contribution in [0.5, 0.6) is 5.75 Å². The van der Waals surface area contributed by atoms with Gasteiger partial charge >= 0.3 is 0 Å². The van der Waals surface area contributed by atoms with Crippen molar-refractivity contribution >= 4 is 38.9 Å². The minimum atomic E-state index is -4.03. The van der Waals surface area contributed by atoms with E-state index in [2.05, 4.69) is 5.32 Å². The Morgan fingerprint density at radius 2 is 1.74 bits per heavy atom. The molecule has 0 aliphatic rings. The van der Waals surface area contributed by atoms with Crippen LogP contribution in [0, 0.1) is 6.92 Å². The van der Waals surface area contributed by atoms with E-state index in [0.717, 1.165) is 9.87 Å². The van der Waals surface area contributed by atoms with Crippen molar-refractivity contribution in [2.24, 2.45) is 0 Å². The van der Waals surface area contributed by atoms with Crippen molar-refractivity contribution in [1.29, 1.82) is 0 Å². The van der Waals surface area contributed by atoms with Gasteiger partial charge in [-0.05, 0) is 50.2 Å². The van der Waals surface area contributed by atoms with E-state index in [-0.39, 0.29) is 15.6 Å². The highest BCUT2D eigenvalue weighted by molar-refractivity contribution is 7.92. The highest BCUT2D eigenvalue weighted by Crippen LogP contribution is 2.30. The lowest BCUT2D eigenvalue weighted by Crippen LogP contribution is -2.38. The summed E-state index contributed by atoms with van der Waals surface area (Å²) in [6.07, 6.45) is 0. The second-order valence-corrected chi connectivity index (χ2v) is 9.05. The van der Waals surface area contributed by atoms with E-state index >= 15 is 0 Å². The lowest BCUT2D eigenvalue weighted by atomic mass is 10.2. The van der Waals surface area contributed by atoms with Gasteiger partial charge in [-0.25, -0.2) is 8.42 Å². The van der Waals surface area contributed by atoms with Crippen LogP contribution in [0.25, 0.3) is 0 Å². The van der Waals surface area contributed by atoms with Gasteiger partial charge < -0.3 is 10.1 Å². The molecule has 8 heteroatoms. The predicted molar refractivity (Wildman–Crippen MR) is 123 cm³/mol. The molecule has 1 amide bonds. The van der Waals surface area contributed by atoms with Gasteiger partial charge in [0, 0.05) is 11.8 Å². The van der Waals surface area contributed by atoms with Crippen molar-refractivity contribution in [3.63, 3.8) is 0 Å². The molecule has 0 bridgehead atoms. The lowest BCUT2D eigenvalue weighted by Gasteiger charge is -2.25. The summed E-state index contributed by atoms with van der Waals surface area (Å²) in [4.78, 5) is 12.9. The second kappa shape index (κ2) is 9.85. The third kappa shape index (κ3) is 5.57. The number of sulfonamides is 1. The summed E-state index contributed by atoms with van der Waals surface area (Å²) >= 11 is 6.28. The summed E-state index contributed by atoms with van der Waals surface area (Å²) in [6.45, 7) is 3.78. The first kappa shape index (κ1) is 22.7. The molecule has 0 atom stereocenters. The third-order valence-corrected chi connectivity index (χ3v) is 6.54. The summed E-state index contributed by atoms with van der Waals surface area (Å²) < 4.78 is 33.2. The van der Waals surface area contributed by atoms with Crippen LogP contribution in [0.15, 0.2) is 77.7 Å². The molecule has 0 aromatic heterocycles. The molecule has 0 heterocycles. The van der Waals surface area contributed by atoms with Crippen LogP contribution < -0.4 is 14.4 Å². The van der Waals surface area contributed by atoms with Crippen molar-refractivity contribution in [1.82, 2.24) is 0 Å². The molecule has 0 radical (unpaired) electrons. The van der Waals surface area contributed by atoms with Crippen LogP contribution in [0.1, 0.15) is 12.5 Å². The number of carbonyl (C=O) groups excluding carboxylic acids is 1. The lowest BCUT2D eigenvalue weighted by molar-refractivity contribution is -0.114. The maximum absolute atomic E-state index is 13.4. The molecule has 0 aliphatic carbocycles. The molecule has 3 rings (SSSR count). The van der Waals surface area contributed by atoms with Crippen molar-refractivity contribution in [2.45, 2.75) is 18.7 Å². The number of aryl methyl sites for hydroxylation is 1. The Hall–Kier alpha value is -3.03. The normalized spacial score (nSPS) is 11.1. The van der Waals surface area contributed by atoms with E-state index in [0.29, 0.717) is 18.0 Å². The number of rotatable bonds is 8. The topological polar surface area (TPSA) is 75.7 Å². The number of anilines is 2. The number of hydrogen-bond donors (Lipinski definition) is 1. The molecule has 3 aromatic carbocycles. The van der Waals surface area contributed by atoms with Crippen LogP contribution in [-0.4, -0.2) is 27.5 Å². The van der Waals surface area contributed by atoms with Crippen molar-refractivity contribution in [2.75, 3.05) is 22.8 Å². The van der Waals surface area contributed by atoms with Crippen molar-refractivity contribution < 1.29 is 17.9 Å². The Bertz CT molecular complexity index is 1160. The molecule has 162 valence electrons. The van der Waals surface area contributed by atoms with Crippen LogP contribution in [0.3, 0.4) is 0 Å². The van der Waals surface area contributed by atoms with Crippen molar-refractivity contribution in [3.05, 3.63) is 83.4 Å². The highest BCUT2D eigenvalue weighted by Gasteiger charge is 2.28. The number of halogens is 1.